The summed E-state index contributed by atoms with van der Waals surface area (Å²) in [6, 6.07) is 7.77. The maximum Gasteiger partial charge on any atom is 0.170 e. The summed E-state index contributed by atoms with van der Waals surface area (Å²) in [5.41, 5.74) is 2.73. The van der Waals surface area contributed by atoms with Crippen LogP contribution in [0.2, 0.25) is 5.02 Å². The molecular formula is C14H15ClN2O. The predicted octanol–water partition coefficient (Wildman–Crippen LogP) is 2.98. The summed E-state index contributed by atoms with van der Waals surface area (Å²) in [6.45, 7) is 1.90. The van der Waals surface area contributed by atoms with Crippen LogP contribution in [0.15, 0.2) is 24.3 Å². The van der Waals surface area contributed by atoms with Crippen LogP contribution < -0.4 is 0 Å². The average Bonchev–Trinajstić information content (AvgIpc) is 2.65. The number of aryl methyl sites for hydroxylation is 2. The predicted molar refractivity (Wildman–Crippen MR) is 72.2 cm³/mol. The third-order valence-electron chi connectivity index (χ3n) is 3.14. The number of hydrogen-bond donors (Lipinski definition) is 0. The molecular weight excluding hydrogens is 248 g/mol. The van der Waals surface area contributed by atoms with E-state index < -0.39 is 0 Å². The lowest BCUT2D eigenvalue weighted by molar-refractivity contribution is 0.111. The second-order valence-corrected chi connectivity index (χ2v) is 4.73. The molecule has 0 unspecified atom stereocenters. The van der Waals surface area contributed by atoms with Crippen LogP contribution in [0, 0.1) is 6.92 Å². The third-order valence-corrected chi connectivity index (χ3v) is 3.40. The smallest absolute Gasteiger partial charge is 0.170 e. The van der Waals surface area contributed by atoms with Crippen LogP contribution in [0.1, 0.15) is 27.6 Å². The molecule has 0 saturated carbocycles. The number of imidazole rings is 1. The molecule has 1 aromatic carbocycles. The Morgan fingerprint density at radius 1 is 1.28 bits per heavy atom. The first-order chi connectivity index (χ1) is 8.61. The van der Waals surface area contributed by atoms with Gasteiger partial charge in [-0.3, -0.25) is 4.79 Å². The van der Waals surface area contributed by atoms with Crippen molar-refractivity contribution in [2.75, 3.05) is 0 Å². The summed E-state index contributed by atoms with van der Waals surface area (Å²) in [5, 5.41) is 0.740. The molecule has 0 aliphatic rings. The lowest BCUT2D eigenvalue weighted by Crippen LogP contribution is -2.02. The average molecular weight is 263 g/mol. The minimum Gasteiger partial charge on any atom is -0.335 e. The number of carbonyl (C=O) groups excluding carboxylic acids is 1. The third kappa shape index (κ3) is 2.62. The molecule has 0 atom stereocenters. The Kier molecular flexibility index (Phi) is 3.82. The van der Waals surface area contributed by atoms with Crippen LogP contribution in [-0.2, 0) is 19.9 Å². The molecule has 0 aliphatic carbocycles. The fourth-order valence-corrected chi connectivity index (χ4v) is 2.11. The number of benzene rings is 1. The monoisotopic (exact) mass is 262 g/mol. The van der Waals surface area contributed by atoms with Crippen molar-refractivity contribution in [3.8, 4) is 0 Å². The Morgan fingerprint density at radius 3 is 2.56 bits per heavy atom. The number of aldehydes is 1. The molecule has 0 aliphatic heterocycles. The second kappa shape index (κ2) is 5.36. The molecule has 94 valence electrons. The Hall–Kier alpha value is -1.61. The van der Waals surface area contributed by atoms with E-state index in [4.69, 9.17) is 11.6 Å². The van der Waals surface area contributed by atoms with E-state index in [-0.39, 0.29) is 0 Å². The van der Waals surface area contributed by atoms with Crippen molar-refractivity contribution in [3.63, 3.8) is 0 Å². The number of nitrogens with zero attached hydrogens (tertiary/aromatic N) is 2. The number of rotatable bonds is 4. The van der Waals surface area contributed by atoms with Gasteiger partial charge in [0.25, 0.3) is 0 Å². The van der Waals surface area contributed by atoms with Gasteiger partial charge in [0.1, 0.15) is 11.5 Å². The minimum absolute atomic E-state index is 0.545. The van der Waals surface area contributed by atoms with E-state index >= 15 is 0 Å². The highest BCUT2D eigenvalue weighted by Gasteiger charge is 2.11. The molecule has 0 radical (unpaired) electrons. The Morgan fingerprint density at radius 2 is 1.94 bits per heavy atom. The molecule has 0 saturated heterocycles. The fraction of sp³-hybridized carbons (Fsp3) is 0.286. The van der Waals surface area contributed by atoms with Crippen LogP contribution in [0.25, 0.3) is 0 Å². The molecule has 2 rings (SSSR count). The van der Waals surface area contributed by atoms with Gasteiger partial charge in [0.2, 0.25) is 0 Å². The van der Waals surface area contributed by atoms with Gasteiger partial charge >= 0.3 is 0 Å². The number of halogens is 1. The summed E-state index contributed by atoms with van der Waals surface area (Å²) in [5.74, 6) is 0.864. The van der Waals surface area contributed by atoms with Gasteiger partial charge in [-0.15, -0.1) is 0 Å². The van der Waals surface area contributed by atoms with Gasteiger partial charge in [-0.25, -0.2) is 4.98 Å². The van der Waals surface area contributed by atoms with Crippen LogP contribution in [0.3, 0.4) is 0 Å². The lowest BCUT2D eigenvalue weighted by atomic mass is 10.1. The first kappa shape index (κ1) is 12.8. The highest BCUT2D eigenvalue weighted by molar-refractivity contribution is 6.30. The number of carbonyl (C=O) groups is 1. The van der Waals surface area contributed by atoms with Gasteiger partial charge in [-0.05, 0) is 37.5 Å². The molecule has 3 nitrogen and oxygen atoms in total. The highest BCUT2D eigenvalue weighted by atomic mass is 35.5. The van der Waals surface area contributed by atoms with E-state index in [1.807, 2.05) is 42.8 Å². The Balaban J connectivity index is 2.15. The minimum atomic E-state index is 0.545. The SMILES string of the molecule is Cc1nc(C=O)c(CCc2ccc(Cl)cc2)n1C. The van der Waals surface area contributed by atoms with Gasteiger partial charge in [0, 0.05) is 17.8 Å². The number of aromatic nitrogens is 2. The molecule has 0 fully saturated rings. The lowest BCUT2D eigenvalue weighted by Gasteiger charge is -2.05. The molecule has 18 heavy (non-hydrogen) atoms. The van der Waals surface area contributed by atoms with Crippen molar-refractivity contribution < 1.29 is 4.79 Å². The summed E-state index contributed by atoms with van der Waals surface area (Å²) >= 11 is 5.84. The van der Waals surface area contributed by atoms with E-state index in [0.717, 1.165) is 35.7 Å². The quantitative estimate of drug-likeness (QED) is 0.794. The summed E-state index contributed by atoms with van der Waals surface area (Å²) in [7, 11) is 1.94. The highest BCUT2D eigenvalue weighted by Crippen LogP contribution is 2.14. The molecule has 2 aromatic rings. The van der Waals surface area contributed by atoms with E-state index in [2.05, 4.69) is 4.98 Å². The van der Waals surface area contributed by atoms with Gasteiger partial charge in [0.15, 0.2) is 6.29 Å². The normalized spacial score (nSPS) is 10.6. The van der Waals surface area contributed by atoms with Crippen LogP contribution in [0.4, 0.5) is 0 Å². The van der Waals surface area contributed by atoms with Crippen molar-refractivity contribution in [3.05, 3.63) is 52.1 Å². The van der Waals surface area contributed by atoms with Crippen molar-refractivity contribution in [2.24, 2.45) is 7.05 Å². The zero-order chi connectivity index (χ0) is 13.1. The van der Waals surface area contributed by atoms with E-state index in [1.54, 1.807) is 0 Å². The van der Waals surface area contributed by atoms with E-state index in [1.165, 1.54) is 5.56 Å². The van der Waals surface area contributed by atoms with Gasteiger partial charge in [-0.2, -0.15) is 0 Å². The molecule has 0 spiro atoms. The maximum absolute atomic E-state index is 11.0. The maximum atomic E-state index is 11.0. The van der Waals surface area contributed by atoms with Crippen molar-refractivity contribution in [1.29, 1.82) is 0 Å². The zero-order valence-corrected chi connectivity index (χ0v) is 11.2. The summed E-state index contributed by atoms with van der Waals surface area (Å²) in [4.78, 5) is 15.2. The van der Waals surface area contributed by atoms with Crippen molar-refractivity contribution >= 4 is 17.9 Å². The second-order valence-electron chi connectivity index (χ2n) is 4.29. The summed E-state index contributed by atoms with van der Waals surface area (Å²) in [6.07, 6.45) is 2.49. The molecule has 1 heterocycles. The largest absolute Gasteiger partial charge is 0.335 e. The first-order valence-corrected chi connectivity index (χ1v) is 6.21. The number of hydrogen-bond acceptors (Lipinski definition) is 2. The molecule has 1 aromatic heterocycles. The summed E-state index contributed by atoms with van der Waals surface area (Å²) < 4.78 is 1.97. The molecule has 4 heteroatoms. The topological polar surface area (TPSA) is 34.9 Å². The van der Waals surface area contributed by atoms with Crippen LogP contribution in [-0.4, -0.2) is 15.8 Å². The van der Waals surface area contributed by atoms with Crippen molar-refractivity contribution in [1.82, 2.24) is 9.55 Å². The molecule has 0 N–H and O–H groups in total. The van der Waals surface area contributed by atoms with Gasteiger partial charge in [-0.1, -0.05) is 23.7 Å². The fourth-order valence-electron chi connectivity index (χ4n) is 1.98. The van der Waals surface area contributed by atoms with E-state index in [9.17, 15) is 4.79 Å². The van der Waals surface area contributed by atoms with E-state index in [0.29, 0.717) is 5.69 Å². The van der Waals surface area contributed by atoms with Gasteiger partial charge in [0.05, 0.1) is 0 Å². The van der Waals surface area contributed by atoms with Crippen molar-refractivity contribution in [2.45, 2.75) is 19.8 Å². The zero-order valence-electron chi connectivity index (χ0n) is 10.5. The van der Waals surface area contributed by atoms with Crippen LogP contribution in [0.5, 0.6) is 0 Å². The molecule has 0 amide bonds. The Bertz CT molecular complexity index is 558. The van der Waals surface area contributed by atoms with Gasteiger partial charge < -0.3 is 4.57 Å². The Labute approximate surface area is 111 Å². The standard InChI is InChI=1S/C14H15ClN2O/c1-10-16-13(9-18)14(17(10)2)8-5-11-3-6-12(15)7-4-11/h3-4,6-7,9H,5,8H2,1-2H3. The first-order valence-electron chi connectivity index (χ1n) is 5.83. The molecule has 0 bridgehead atoms. The van der Waals surface area contributed by atoms with Crippen LogP contribution >= 0.6 is 11.6 Å².